The highest BCUT2D eigenvalue weighted by Gasteiger charge is 2.16. The van der Waals surface area contributed by atoms with Gasteiger partial charge in [-0.05, 0) is 37.5 Å². The van der Waals surface area contributed by atoms with E-state index in [9.17, 15) is 13.2 Å². The van der Waals surface area contributed by atoms with Crippen molar-refractivity contribution >= 4 is 15.9 Å². The van der Waals surface area contributed by atoms with Gasteiger partial charge in [-0.3, -0.25) is 4.79 Å². The van der Waals surface area contributed by atoms with Crippen LogP contribution < -0.4 is 10.5 Å². The van der Waals surface area contributed by atoms with Gasteiger partial charge in [0, 0.05) is 0 Å². The summed E-state index contributed by atoms with van der Waals surface area (Å²) in [4.78, 5) is 12.0. The van der Waals surface area contributed by atoms with E-state index >= 15 is 0 Å². The molecule has 1 fully saturated rings. The topological polar surface area (TPSA) is 98.5 Å². The lowest BCUT2D eigenvalue weighted by molar-refractivity contribution is -0.129. The van der Waals surface area contributed by atoms with Crippen LogP contribution in [0.4, 0.5) is 0 Å². The first-order valence-corrected chi connectivity index (χ1v) is 9.44. The number of carbonyl (C=O) groups excluding carboxylic acids is 1. The van der Waals surface area contributed by atoms with Crippen LogP contribution >= 0.6 is 0 Å². The quantitative estimate of drug-likeness (QED) is 0.826. The Morgan fingerprint density at radius 2 is 1.87 bits per heavy atom. The molecule has 1 unspecified atom stereocenters. The van der Waals surface area contributed by atoms with Crippen LogP contribution in [-0.4, -0.2) is 27.0 Å². The molecule has 1 aliphatic rings. The molecule has 0 bridgehead atoms. The molecule has 0 heterocycles. The van der Waals surface area contributed by atoms with E-state index in [1.54, 1.807) is 12.1 Å². The third-order valence-electron chi connectivity index (χ3n) is 4.09. The van der Waals surface area contributed by atoms with Gasteiger partial charge in [-0.1, -0.05) is 31.4 Å². The molecular formula is C16H24N2O4S. The van der Waals surface area contributed by atoms with Gasteiger partial charge in [0.1, 0.15) is 6.61 Å². The van der Waals surface area contributed by atoms with E-state index in [0.717, 1.165) is 18.4 Å². The largest absolute Gasteiger partial charge is 0.368 e. The number of amides is 1. The molecule has 7 heteroatoms. The number of ether oxygens (including phenoxy) is 1. The Kier molecular flexibility index (Phi) is 6.15. The van der Waals surface area contributed by atoms with Gasteiger partial charge in [0.15, 0.2) is 0 Å². The average Bonchev–Trinajstić information content (AvgIpc) is 2.53. The summed E-state index contributed by atoms with van der Waals surface area (Å²) in [6.45, 7) is 1.90. The fourth-order valence-corrected chi connectivity index (χ4v) is 3.25. The van der Waals surface area contributed by atoms with Gasteiger partial charge in [0.05, 0.1) is 17.0 Å². The Labute approximate surface area is 137 Å². The van der Waals surface area contributed by atoms with Gasteiger partial charge in [0.2, 0.25) is 15.9 Å². The second-order valence-corrected chi connectivity index (χ2v) is 7.54. The molecule has 0 aliphatic heterocycles. The number of benzene rings is 1. The van der Waals surface area contributed by atoms with Gasteiger partial charge in [-0.25, -0.2) is 13.6 Å². The molecule has 0 saturated heterocycles. The standard InChI is InChI=1S/C16H24N2O4S/c1-12(13-7-9-15(10-8-13)23(17,20)21)18-16(19)11-22-14-5-3-2-4-6-14/h7-10,12,14H,2-6,11H2,1H3,(H,18,19)(H2,17,20,21). The third-order valence-corrected chi connectivity index (χ3v) is 5.02. The van der Waals surface area contributed by atoms with Crippen LogP contribution in [0.1, 0.15) is 50.6 Å². The van der Waals surface area contributed by atoms with E-state index in [1.807, 2.05) is 6.92 Å². The van der Waals surface area contributed by atoms with Crippen LogP contribution in [-0.2, 0) is 19.6 Å². The molecular weight excluding hydrogens is 316 g/mol. The maximum atomic E-state index is 11.9. The molecule has 0 spiro atoms. The summed E-state index contributed by atoms with van der Waals surface area (Å²) in [6.07, 6.45) is 5.82. The first-order chi connectivity index (χ1) is 10.9. The number of nitrogens with two attached hydrogens (primary N) is 1. The van der Waals surface area contributed by atoms with Gasteiger partial charge >= 0.3 is 0 Å². The minimum Gasteiger partial charge on any atom is -0.368 e. The van der Waals surface area contributed by atoms with Crippen molar-refractivity contribution in [1.29, 1.82) is 0 Å². The summed E-state index contributed by atoms with van der Waals surface area (Å²) in [5.41, 5.74) is 0.809. The molecule has 1 amide bonds. The second-order valence-electron chi connectivity index (χ2n) is 5.97. The van der Waals surface area contributed by atoms with E-state index in [-0.39, 0.29) is 29.6 Å². The van der Waals surface area contributed by atoms with Crippen molar-refractivity contribution in [2.24, 2.45) is 5.14 Å². The van der Waals surface area contributed by atoms with Crippen molar-refractivity contribution in [3.05, 3.63) is 29.8 Å². The summed E-state index contributed by atoms with van der Waals surface area (Å²) in [5, 5.41) is 7.91. The minimum atomic E-state index is -3.70. The van der Waals surface area contributed by atoms with E-state index < -0.39 is 10.0 Å². The molecule has 3 N–H and O–H groups in total. The lowest BCUT2D eigenvalue weighted by Crippen LogP contribution is -2.32. The van der Waals surface area contributed by atoms with Crippen molar-refractivity contribution < 1.29 is 17.9 Å². The van der Waals surface area contributed by atoms with Crippen LogP contribution in [0.3, 0.4) is 0 Å². The molecule has 1 aromatic rings. The Morgan fingerprint density at radius 1 is 1.26 bits per heavy atom. The van der Waals surface area contributed by atoms with E-state index in [0.29, 0.717) is 0 Å². The van der Waals surface area contributed by atoms with Crippen molar-refractivity contribution in [3.63, 3.8) is 0 Å². The maximum absolute atomic E-state index is 11.9. The number of carbonyl (C=O) groups is 1. The summed E-state index contributed by atoms with van der Waals surface area (Å²) in [7, 11) is -3.70. The van der Waals surface area contributed by atoms with Gasteiger partial charge in [-0.15, -0.1) is 0 Å². The van der Waals surface area contributed by atoms with Crippen molar-refractivity contribution in [1.82, 2.24) is 5.32 Å². The van der Waals surface area contributed by atoms with Crippen LogP contribution in [0.15, 0.2) is 29.2 Å². The fraction of sp³-hybridized carbons (Fsp3) is 0.562. The predicted molar refractivity (Wildman–Crippen MR) is 87.2 cm³/mol. The molecule has 0 aromatic heterocycles. The highest BCUT2D eigenvalue weighted by atomic mass is 32.2. The number of nitrogens with one attached hydrogen (secondary N) is 1. The number of hydrogen-bond acceptors (Lipinski definition) is 4. The molecule has 1 saturated carbocycles. The van der Waals surface area contributed by atoms with E-state index in [2.05, 4.69) is 5.32 Å². The molecule has 2 rings (SSSR count). The van der Waals surface area contributed by atoms with E-state index in [1.165, 1.54) is 31.4 Å². The first-order valence-electron chi connectivity index (χ1n) is 7.90. The Bertz CT molecular complexity index is 622. The summed E-state index contributed by atoms with van der Waals surface area (Å²) < 4.78 is 28.1. The van der Waals surface area contributed by atoms with Gasteiger partial charge in [0.25, 0.3) is 0 Å². The molecule has 1 aromatic carbocycles. The maximum Gasteiger partial charge on any atom is 0.246 e. The lowest BCUT2D eigenvalue weighted by Gasteiger charge is -2.22. The molecule has 128 valence electrons. The lowest BCUT2D eigenvalue weighted by atomic mass is 9.98. The van der Waals surface area contributed by atoms with Crippen molar-refractivity contribution in [2.75, 3.05) is 6.61 Å². The van der Waals surface area contributed by atoms with Crippen molar-refractivity contribution in [2.45, 2.75) is 56.1 Å². The van der Waals surface area contributed by atoms with Crippen LogP contribution in [0.5, 0.6) is 0 Å². The Hall–Kier alpha value is -1.44. The van der Waals surface area contributed by atoms with Crippen molar-refractivity contribution in [3.8, 4) is 0 Å². The zero-order chi connectivity index (χ0) is 16.9. The Morgan fingerprint density at radius 3 is 2.43 bits per heavy atom. The average molecular weight is 340 g/mol. The molecule has 0 radical (unpaired) electrons. The van der Waals surface area contributed by atoms with Gasteiger partial charge in [-0.2, -0.15) is 0 Å². The summed E-state index contributed by atoms with van der Waals surface area (Å²) >= 11 is 0. The second kappa shape index (κ2) is 7.90. The number of sulfonamides is 1. The smallest absolute Gasteiger partial charge is 0.246 e. The summed E-state index contributed by atoms with van der Waals surface area (Å²) in [5.74, 6) is -0.168. The highest BCUT2D eigenvalue weighted by molar-refractivity contribution is 7.89. The fourth-order valence-electron chi connectivity index (χ4n) is 2.74. The number of primary sulfonamides is 1. The normalized spacial score (nSPS) is 17.7. The first kappa shape index (κ1) is 17.9. The monoisotopic (exact) mass is 340 g/mol. The zero-order valence-electron chi connectivity index (χ0n) is 13.3. The van der Waals surface area contributed by atoms with Crippen LogP contribution in [0.2, 0.25) is 0 Å². The minimum absolute atomic E-state index is 0.0559. The van der Waals surface area contributed by atoms with E-state index in [4.69, 9.17) is 9.88 Å². The molecule has 1 atom stereocenters. The third kappa shape index (κ3) is 5.60. The van der Waals surface area contributed by atoms with Gasteiger partial charge < -0.3 is 10.1 Å². The highest BCUT2D eigenvalue weighted by Crippen LogP contribution is 2.20. The summed E-state index contributed by atoms with van der Waals surface area (Å²) in [6, 6.07) is 5.93. The number of hydrogen-bond donors (Lipinski definition) is 2. The number of rotatable bonds is 6. The zero-order valence-corrected chi connectivity index (χ0v) is 14.1. The molecule has 1 aliphatic carbocycles. The predicted octanol–water partition coefficient (Wildman–Crippen LogP) is 1.86. The SMILES string of the molecule is CC(NC(=O)COC1CCCCC1)c1ccc(S(N)(=O)=O)cc1. The molecule has 6 nitrogen and oxygen atoms in total. The molecule has 23 heavy (non-hydrogen) atoms. The van der Waals surface area contributed by atoms with Crippen LogP contribution in [0.25, 0.3) is 0 Å². The Balaban J connectivity index is 1.83. The van der Waals surface area contributed by atoms with Crippen LogP contribution in [0, 0.1) is 0 Å².